The minimum atomic E-state index is -2.19. The van der Waals surface area contributed by atoms with Gasteiger partial charge in [-0.15, -0.1) is 5.10 Å². The van der Waals surface area contributed by atoms with E-state index in [1.807, 2.05) is 114 Å². The molecule has 7 atom stereocenters. The van der Waals surface area contributed by atoms with Gasteiger partial charge in [-0.2, -0.15) is 0 Å². The second kappa shape index (κ2) is 20.5. The van der Waals surface area contributed by atoms with E-state index < -0.39 is 77.3 Å². The van der Waals surface area contributed by atoms with Crippen LogP contribution in [0.15, 0.2) is 152 Å². The molecule has 4 amide bonds. The Kier molecular flexibility index (Phi) is 13.3. The molecule has 17 nitrogen and oxygen atoms in total. The number of ether oxygens (including phenoxy) is 3. The Morgan fingerprint density at radius 1 is 0.829 bits per heavy atom. The number of nitrogens with zero attached hydrogens (tertiary/aromatic N) is 6. The lowest BCUT2D eigenvalue weighted by molar-refractivity contribution is -0.177. The highest BCUT2D eigenvalue weighted by Gasteiger charge is 2.76. The fourth-order valence-corrected chi connectivity index (χ4v) is 12.0. The molecule has 2 fully saturated rings. The first-order chi connectivity index (χ1) is 37.0. The third-order valence-electron chi connectivity index (χ3n) is 14.3. The average Bonchev–Trinajstić information content (AvgIpc) is 4.32. The van der Waals surface area contributed by atoms with Gasteiger partial charge in [0.2, 0.25) is 11.8 Å². The number of aliphatic hydroxyl groups excluding tert-OH is 1. The number of hydrogen-bond acceptors (Lipinski definition) is 14. The number of cyclic esters (lactones) is 1. The summed E-state index contributed by atoms with van der Waals surface area (Å²) in [6.45, 7) is 3.24. The summed E-state index contributed by atoms with van der Waals surface area (Å²) in [5, 5.41) is 24.5. The van der Waals surface area contributed by atoms with E-state index in [4.69, 9.17) is 19.2 Å². The van der Waals surface area contributed by atoms with Crippen molar-refractivity contribution in [2.24, 2.45) is 11.8 Å². The summed E-state index contributed by atoms with van der Waals surface area (Å²) in [5.41, 5.74) is 2.37. The summed E-state index contributed by atoms with van der Waals surface area (Å²) < 4.78 is 20.2. The maximum Gasteiger partial charge on any atom is 0.329 e. The first-order valence-corrected chi connectivity index (χ1v) is 25.6. The SMILES string of the molecule is COC(=O)C(NC(=O)N1C(=O)C2(c3cc(C#CCn4nnc5ccccc54)ccc31)C(C(=O)Nc1nc3ccccc3s1)C1C(=O)OC(c3ccccc3)C(c3ccccc3)N1C2c1cccc(OCCO)c1)C(C)C. The predicted octanol–water partition coefficient (Wildman–Crippen LogP) is 7.68. The number of methoxy groups -OCH3 is 1. The van der Waals surface area contributed by atoms with Crippen molar-refractivity contribution in [3.05, 3.63) is 179 Å². The standard InChI is InChI=1S/C58H50N8O9S/c1-34(2)47(53(69)73-3)60-57(72)65-43-28-27-35(16-15-29-64-44-25-12-10-23-41(44)62-63-64)32-40(43)58(55(65)71)46(52(68)61-56-59-42-24-11-13-26-45(42)76-56)49-54(70)75-50(37-19-8-5-9-20-37)48(36-17-6-4-7-18-36)66(49)51(58)38-21-14-22-39(33-38)74-31-30-67/h4-14,17-28,32-34,46-51,67H,29-31H2,1-3H3,(H,60,72)(H,59,61,68). The third-order valence-corrected chi connectivity index (χ3v) is 15.2. The van der Waals surface area contributed by atoms with Crippen molar-refractivity contribution in [1.29, 1.82) is 0 Å². The summed E-state index contributed by atoms with van der Waals surface area (Å²) in [6.07, 6.45) is -0.987. The first kappa shape index (κ1) is 49.5. The van der Waals surface area contributed by atoms with E-state index in [-0.39, 0.29) is 36.1 Å². The Morgan fingerprint density at radius 3 is 2.28 bits per heavy atom. The number of hydrogen-bond donors (Lipinski definition) is 3. The van der Waals surface area contributed by atoms with Crippen molar-refractivity contribution in [2.45, 2.75) is 56.1 Å². The Hall–Kier alpha value is -8.76. The zero-order chi connectivity index (χ0) is 52.7. The number of amides is 4. The van der Waals surface area contributed by atoms with Gasteiger partial charge < -0.3 is 30.0 Å². The normalized spacial score (nSPS) is 21.2. The van der Waals surface area contributed by atoms with Gasteiger partial charge in [0.15, 0.2) is 5.13 Å². The molecule has 382 valence electrons. The summed E-state index contributed by atoms with van der Waals surface area (Å²) in [5.74, 6) is 1.47. The van der Waals surface area contributed by atoms with Crippen LogP contribution in [0.4, 0.5) is 15.6 Å². The van der Waals surface area contributed by atoms with Crippen LogP contribution < -0.4 is 20.3 Å². The monoisotopic (exact) mass is 1030 g/mol. The Bertz CT molecular complexity index is 3580. The summed E-state index contributed by atoms with van der Waals surface area (Å²) in [4.78, 5) is 84.9. The number of aliphatic hydroxyl groups is 1. The molecule has 5 heterocycles. The van der Waals surface area contributed by atoms with Crippen molar-refractivity contribution in [3.8, 4) is 17.6 Å². The molecule has 6 aromatic carbocycles. The fourth-order valence-electron chi connectivity index (χ4n) is 11.1. The number of nitrogens with one attached hydrogen (secondary N) is 2. The largest absolute Gasteiger partial charge is 0.491 e. The fraction of sp³-hybridized carbons (Fsp3) is 0.241. The summed E-state index contributed by atoms with van der Waals surface area (Å²) >= 11 is 1.22. The molecule has 1 spiro atoms. The number of morpholine rings is 1. The van der Waals surface area contributed by atoms with Crippen LogP contribution in [0, 0.1) is 23.7 Å². The number of benzene rings is 6. The second-order valence-electron chi connectivity index (χ2n) is 19.0. The van der Waals surface area contributed by atoms with Gasteiger partial charge in [0.1, 0.15) is 48.0 Å². The molecule has 76 heavy (non-hydrogen) atoms. The Labute approximate surface area is 440 Å². The molecule has 7 unspecified atom stereocenters. The molecule has 11 rings (SSSR count). The molecule has 0 radical (unpaired) electrons. The van der Waals surface area contributed by atoms with Crippen molar-refractivity contribution in [3.63, 3.8) is 0 Å². The molecule has 18 heteroatoms. The molecular formula is C58H50N8O9S. The molecule has 3 aliphatic rings. The van der Waals surface area contributed by atoms with Gasteiger partial charge in [-0.3, -0.25) is 19.3 Å². The van der Waals surface area contributed by atoms with Crippen LogP contribution in [0.2, 0.25) is 0 Å². The van der Waals surface area contributed by atoms with E-state index in [9.17, 15) is 9.90 Å². The molecule has 0 bridgehead atoms. The van der Waals surface area contributed by atoms with E-state index in [2.05, 4.69) is 32.8 Å². The minimum Gasteiger partial charge on any atom is -0.491 e. The van der Waals surface area contributed by atoms with E-state index >= 15 is 19.2 Å². The van der Waals surface area contributed by atoms with Crippen LogP contribution in [-0.4, -0.2) is 92.2 Å². The number of carbonyl (C=O) groups excluding carboxylic acids is 5. The van der Waals surface area contributed by atoms with Crippen LogP contribution in [-0.2, 0) is 40.6 Å². The number of carbonyl (C=O) groups is 5. The molecule has 3 aliphatic heterocycles. The number of aromatic nitrogens is 4. The highest BCUT2D eigenvalue weighted by Crippen LogP contribution is 2.66. The van der Waals surface area contributed by atoms with Gasteiger partial charge in [-0.05, 0) is 82.8 Å². The number of para-hydroxylation sites is 2. The number of rotatable bonds is 12. The van der Waals surface area contributed by atoms with Crippen LogP contribution in [0.1, 0.15) is 59.9 Å². The highest BCUT2D eigenvalue weighted by atomic mass is 32.1. The van der Waals surface area contributed by atoms with Gasteiger partial charge >= 0.3 is 18.0 Å². The lowest BCUT2D eigenvalue weighted by Gasteiger charge is -2.46. The highest BCUT2D eigenvalue weighted by molar-refractivity contribution is 7.22. The zero-order valence-corrected chi connectivity index (χ0v) is 42.2. The van der Waals surface area contributed by atoms with E-state index in [0.717, 1.165) is 15.1 Å². The number of anilines is 2. The van der Waals surface area contributed by atoms with Gasteiger partial charge in [-0.1, -0.05) is 139 Å². The first-order valence-electron chi connectivity index (χ1n) is 24.7. The van der Waals surface area contributed by atoms with Gasteiger partial charge in [0, 0.05) is 5.56 Å². The maximum atomic E-state index is 16.9. The Balaban J connectivity index is 1.19. The smallest absolute Gasteiger partial charge is 0.329 e. The molecule has 0 saturated carbocycles. The topological polar surface area (TPSA) is 207 Å². The van der Waals surface area contributed by atoms with E-state index in [0.29, 0.717) is 39.0 Å². The molecule has 0 aliphatic carbocycles. The minimum absolute atomic E-state index is 0.0623. The van der Waals surface area contributed by atoms with Crippen molar-refractivity contribution in [2.75, 3.05) is 30.5 Å². The number of esters is 2. The lowest BCUT2D eigenvalue weighted by Crippen LogP contribution is -2.57. The summed E-state index contributed by atoms with van der Waals surface area (Å²) in [7, 11) is 1.21. The van der Waals surface area contributed by atoms with Crippen LogP contribution in [0.5, 0.6) is 5.75 Å². The predicted molar refractivity (Wildman–Crippen MR) is 283 cm³/mol. The number of imide groups is 1. The van der Waals surface area contributed by atoms with E-state index in [1.54, 1.807) is 61.0 Å². The number of thiazole rings is 1. The molecule has 2 saturated heterocycles. The van der Waals surface area contributed by atoms with Crippen molar-refractivity contribution >= 4 is 73.2 Å². The molecular weight excluding hydrogens is 985 g/mol. The van der Waals surface area contributed by atoms with Crippen LogP contribution >= 0.6 is 11.3 Å². The average molecular weight is 1040 g/mol. The van der Waals surface area contributed by atoms with Gasteiger partial charge in [-0.25, -0.2) is 24.2 Å². The molecule has 8 aromatic rings. The molecule has 3 N–H and O–H groups in total. The Morgan fingerprint density at radius 2 is 1.54 bits per heavy atom. The lowest BCUT2D eigenvalue weighted by atomic mass is 9.65. The quantitative estimate of drug-likeness (QED) is 0.0794. The molecule has 2 aromatic heterocycles. The summed E-state index contributed by atoms with van der Waals surface area (Å²) in [6, 6.07) is 39.6. The van der Waals surface area contributed by atoms with Gasteiger partial charge in [0.05, 0.1) is 53.1 Å². The van der Waals surface area contributed by atoms with Crippen LogP contribution in [0.25, 0.3) is 21.3 Å². The number of urea groups is 1. The zero-order valence-electron chi connectivity index (χ0n) is 41.4. The maximum absolute atomic E-state index is 16.9. The van der Waals surface area contributed by atoms with E-state index in [1.165, 1.54) is 18.4 Å². The van der Waals surface area contributed by atoms with Crippen molar-refractivity contribution < 1.29 is 43.3 Å². The third kappa shape index (κ3) is 8.57. The van der Waals surface area contributed by atoms with Crippen molar-refractivity contribution in [1.82, 2.24) is 30.2 Å². The number of fused-ring (bicyclic) bond motifs is 5. The second-order valence-corrected chi connectivity index (χ2v) is 20.0. The van der Waals surface area contributed by atoms with Gasteiger partial charge in [0.25, 0.3) is 0 Å². The van der Waals surface area contributed by atoms with Crippen LogP contribution in [0.3, 0.4) is 0 Å².